The number of nitro benzene ring substituents is 1. The lowest BCUT2D eigenvalue weighted by atomic mass is 9.67. The van der Waals surface area contributed by atoms with E-state index in [2.05, 4.69) is 18.2 Å². The Kier molecular flexibility index (Phi) is 7.59. The Balaban J connectivity index is 1.53. The van der Waals surface area contributed by atoms with Gasteiger partial charge < -0.3 is 14.4 Å². The second kappa shape index (κ2) is 11.8. The van der Waals surface area contributed by atoms with Gasteiger partial charge >= 0.3 is 11.9 Å². The van der Waals surface area contributed by atoms with Crippen molar-refractivity contribution in [3.63, 3.8) is 0 Å². The van der Waals surface area contributed by atoms with Gasteiger partial charge in [-0.2, -0.15) is 0 Å². The van der Waals surface area contributed by atoms with Crippen molar-refractivity contribution in [2.24, 2.45) is 0 Å². The number of hydrogen-bond donors (Lipinski definition) is 0. The summed E-state index contributed by atoms with van der Waals surface area (Å²) >= 11 is 0. The number of nitrogens with zero attached hydrogens (tertiary/aromatic N) is 2. The van der Waals surface area contributed by atoms with Crippen LogP contribution in [0.3, 0.4) is 0 Å². The summed E-state index contributed by atoms with van der Waals surface area (Å²) in [5, 5.41) is 11.2. The van der Waals surface area contributed by atoms with E-state index >= 15 is 0 Å². The zero-order chi connectivity index (χ0) is 33.7. The highest BCUT2D eigenvalue weighted by Gasteiger charge is 2.63. The van der Waals surface area contributed by atoms with Crippen LogP contribution in [0.4, 0.5) is 11.4 Å². The number of anilines is 1. The van der Waals surface area contributed by atoms with Crippen LogP contribution in [-0.2, 0) is 24.5 Å². The smallest absolute Gasteiger partial charge is 0.355 e. The summed E-state index contributed by atoms with van der Waals surface area (Å²) < 4.78 is 11.9. The summed E-state index contributed by atoms with van der Waals surface area (Å²) in [4.78, 5) is 41.7. The lowest BCUT2D eigenvalue weighted by molar-refractivity contribution is -0.384. The third-order valence-electron chi connectivity index (χ3n) is 9.04. The summed E-state index contributed by atoms with van der Waals surface area (Å²) in [5.41, 5.74) is 6.34. The summed E-state index contributed by atoms with van der Waals surface area (Å²) in [7, 11) is 0. The molecule has 0 fully saturated rings. The van der Waals surface area contributed by atoms with Gasteiger partial charge in [0.05, 0.1) is 34.2 Å². The lowest BCUT2D eigenvalue weighted by Crippen LogP contribution is -2.47. The van der Waals surface area contributed by atoms with Gasteiger partial charge in [-0.05, 0) is 79.3 Å². The third kappa shape index (κ3) is 4.75. The second-order valence-electron chi connectivity index (χ2n) is 12.7. The number of ether oxygens (including phenoxy) is 2. The van der Waals surface area contributed by atoms with Crippen LogP contribution in [0.5, 0.6) is 0 Å². The number of non-ortho nitro benzene ring substituents is 1. The van der Waals surface area contributed by atoms with Crippen LogP contribution in [0.1, 0.15) is 49.9 Å². The van der Waals surface area contributed by atoms with Gasteiger partial charge in [0.1, 0.15) is 5.70 Å². The van der Waals surface area contributed by atoms with E-state index in [1.165, 1.54) is 12.1 Å². The van der Waals surface area contributed by atoms with E-state index in [1.54, 1.807) is 39.8 Å². The predicted octanol–water partition coefficient (Wildman–Crippen LogP) is 8.02. The van der Waals surface area contributed by atoms with E-state index in [4.69, 9.17) is 9.47 Å². The summed E-state index contributed by atoms with van der Waals surface area (Å²) in [6.07, 6.45) is 5.14. The van der Waals surface area contributed by atoms with Gasteiger partial charge in [-0.3, -0.25) is 10.1 Å². The van der Waals surface area contributed by atoms with Crippen LogP contribution in [0.2, 0.25) is 0 Å². The summed E-state index contributed by atoms with van der Waals surface area (Å²) in [5.74, 6) is -1.17. The molecule has 48 heavy (non-hydrogen) atoms. The predicted molar refractivity (Wildman–Crippen MR) is 185 cm³/mol. The molecule has 0 N–H and O–H groups in total. The fraction of sp³-hybridized carbons (Fsp3) is 0.200. The first-order valence-corrected chi connectivity index (χ1v) is 16.0. The van der Waals surface area contributed by atoms with Gasteiger partial charge in [0, 0.05) is 23.4 Å². The number of carbonyl (C=O) groups excluding carboxylic acids is 2. The van der Waals surface area contributed by atoms with Gasteiger partial charge in [0.15, 0.2) is 0 Å². The van der Waals surface area contributed by atoms with Crippen LogP contribution in [-0.4, -0.2) is 35.1 Å². The van der Waals surface area contributed by atoms with Crippen LogP contribution >= 0.6 is 0 Å². The monoisotopic (exact) mass is 638 g/mol. The highest BCUT2D eigenvalue weighted by molar-refractivity contribution is 6.12. The van der Waals surface area contributed by atoms with E-state index in [1.807, 2.05) is 77.7 Å². The molecule has 0 saturated heterocycles. The average molecular weight is 639 g/mol. The maximum Gasteiger partial charge on any atom is 0.355 e. The Morgan fingerprint density at radius 1 is 0.750 bits per heavy atom. The number of nitro groups is 1. The largest absolute Gasteiger partial charge is 0.460 e. The zero-order valence-electron chi connectivity index (χ0n) is 27.0. The Bertz CT molecular complexity index is 2030. The fourth-order valence-electron chi connectivity index (χ4n) is 7.34. The van der Waals surface area contributed by atoms with E-state index in [0.29, 0.717) is 0 Å². The molecule has 240 valence electrons. The first kappa shape index (κ1) is 30.9. The molecule has 8 nitrogen and oxygen atoms in total. The standard InChI is InChI=1S/C40H34N2O6/c1-24(2)47-38(43)36-37(39(44)48-25(3)4)41-34-16-10-7-11-29(34)27(20-17-26-18-21-28(22-19-26)42(45)46)23-35(41)40(36)32-14-8-5-12-30(32)31-13-6-9-15-33(31)40/h5-25,35H,1-4H3/b20-17+. The minimum atomic E-state index is -1.12. The molecule has 1 aliphatic carbocycles. The van der Waals surface area contributed by atoms with Crippen LogP contribution in [0.15, 0.2) is 120 Å². The van der Waals surface area contributed by atoms with Gasteiger partial charge in [-0.1, -0.05) is 85.0 Å². The molecule has 0 radical (unpaired) electrons. The van der Waals surface area contributed by atoms with Crippen LogP contribution in [0, 0.1) is 10.1 Å². The van der Waals surface area contributed by atoms with Crippen molar-refractivity contribution in [2.45, 2.75) is 51.4 Å². The quantitative estimate of drug-likeness (QED) is 0.115. The topological polar surface area (TPSA) is 99.0 Å². The molecule has 3 aliphatic rings. The van der Waals surface area contributed by atoms with Crippen molar-refractivity contribution in [1.29, 1.82) is 0 Å². The number of carbonyl (C=O) groups is 2. The molecule has 1 spiro atoms. The van der Waals surface area contributed by atoms with Crippen molar-refractivity contribution >= 4 is 35.0 Å². The van der Waals surface area contributed by atoms with Gasteiger partial charge in [0.25, 0.3) is 5.69 Å². The van der Waals surface area contributed by atoms with Gasteiger partial charge in [0.2, 0.25) is 0 Å². The summed E-state index contributed by atoms with van der Waals surface area (Å²) in [6, 6.07) is 29.7. The van der Waals surface area contributed by atoms with Crippen molar-refractivity contribution < 1.29 is 24.0 Å². The Labute approximate surface area is 278 Å². The second-order valence-corrected chi connectivity index (χ2v) is 12.7. The number of hydrogen-bond acceptors (Lipinski definition) is 7. The molecular weight excluding hydrogens is 604 g/mol. The van der Waals surface area contributed by atoms with Gasteiger partial charge in [-0.25, -0.2) is 9.59 Å². The molecule has 1 atom stereocenters. The highest BCUT2D eigenvalue weighted by atomic mass is 16.6. The van der Waals surface area contributed by atoms with Crippen molar-refractivity contribution in [3.8, 4) is 11.1 Å². The van der Waals surface area contributed by atoms with Gasteiger partial charge in [-0.15, -0.1) is 0 Å². The molecule has 4 aromatic carbocycles. The minimum Gasteiger partial charge on any atom is -0.460 e. The average Bonchev–Trinajstić information content (AvgIpc) is 3.54. The van der Waals surface area contributed by atoms with Crippen LogP contribution in [0.25, 0.3) is 22.8 Å². The highest BCUT2D eigenvalue weighted by Crippen LogP contribution is 2.62. The molecule has 0 bridgehead atoms. The third-order valence-corrected chi connectivity index (χ3v) is 9.04. The SMILES string of the molecule is CC(C)OC(=O)C1=C(C(=O)OC(C)C)C2(c3ccccc3-c3ccccc32)C2C=C(/C=C/c3ccc([N+](=O)[O-])cc3)c3ccccc3N12. The maximum atomic E-state index is 14.6. The number of para-hydroxylation sites is 1. The number of benzene rings is 4. The zero-order valence-corrected chi connectivity index (χ0v) is 27.0. The Hall–Kier alpha value is -5.76. The summed E-state index contributed by atoms with van der Waals surface area (Å²) in [6.45, 7) is 7.18. The molecule has 2 aliphatic heterocycles. The normalized spacial score (nSPS) is 16.9. The number of fused-ring (bicyclic) bond motifs is 9. The molecule has 2 heterocycles. The maximum absolute atomic E-state index is 14.6. The van der Waals surface area contributed by atoms with Crippen LogP contribution < -0.4 is 4.90 Å². The molecule has 4 aromatic rings. The van der Waals surface area contributed by atoms with E-state index in [0.717, 1.165) is 44.6 Å². The molecule has 8 heteroatoms. The van der Waals surface area contributed by atoms with E-state index in [9.17, 15) is 19.7 Å². The van der Waals surface area contributed by atoms with Crippen molar-refractivity contribution in [2.75, 3.05) is 4.90 Å². The number of rotatable bonds is 7. The molecule has 7 rings (SSSR count). The molecule has 0 amide bonds. The fourth-order valence-corrected chi connectivity index (χ4v) is 7.34. The van der Waals surface area contributed by atoms with Crippen molar-refractivity contribution in [1.82, 2.24) is 0 Å². The first-order chi connectivity index (χ1) is 23.1. The molecule has 1 unspecified atom stereocenters. The van der Waals surface area contributed by atoms with Crippen molar-refractivity contribution in [3.05, 3.63) is 153 Å². The Morgan fingerprint density at radius 2 is 1.29 bits per heavy atom. The first-order valence-electron chi connectivity index (χ1n) is 16.0. The van der Waals surface area contributed by atoms with E-state index < -0.39 is 40.5 Å². The minimum absolute atomic E-state index is 0.0178. The van der Waals surface area contributed by atoms with E-state index in [-0.39, 0.29) is 17.0 Å². The number of allylic oxidation sites excluding steroid dienone is 2. The molecular formula is C40H34N2O6. The lowest BCUT2D eigenvalue weighted by Gasteiger charge is -2.41. The molecule has 0 saturated carbocycles. The molecule has 0 aromatic heterocycles. The number of esters is 2. The Morgan fingerprint density at radius 3 is 1.88 bits per heavy atom.